The number of hydrogen-bond donors (Lipinski definition) is 2. The van der Waals surface area contributed by atoms with Crippen molar-refractivity contribution in [1.29, 1.82) is 0 Å². The van der Waals surface area contributed by atoms with Crippen LogP contribution in [0.4, 0.5) is 27.1 Å². The van der Waals surface area contributed by atoms with E-state index in [4.69, 9.17) is 0 Å². The standard InChI is InChI=1S/C24H21FN4O2/c1-24(2)14-28(19-5-3-4-15(10-19)23(30)31)21-12-20-16(13-26-27-20)11-22(21)29(24)18-8-6-17(25)7-9-18/h3-13H,14H2,1-2H3,(H,26,27)(H,30,31). The Labute approximate surface area is 178 Å². The maximum absolute atomic E-state index is 13.6. The highest BCUT2D eigenvalue weighted by molar-refractivity contribution is 5.96. The highest BCUT2D eigenvalue weighted by atomic mass is 19.1. The molecule has 0 unspecified atom stereocenters. The second kappa shape index (κ2) is 6.84. The molecule has 1 aromatic heterocycles. The first-order chi connectivity index (χ1) is 14.8. The molecule has 5 rings (SSSR count). The van der Waals surface area contributed by atoms with Crippen molar-refractivity contribution in [3.63, 3.8) is 0 Å². The smallest absolute Gasteiger partial charge is 0.335 e. The molecule has 0 bridgehead atoms. The summed E-state index contributed by atoms with van der Waals surface area (Å²) < 4.78 is 13.6. The van der Waals surface area contributed by atoms with Gasteiger partial charge in [0.25, 0.3) is 0 Å². The molecule has 6 nitrogen and oxygen atoms in total. The fourth-order valence-corrected chi connectivity index (χ4v) is 4.35. The third-order valence-electron chi connectivity index (χ3n) is 5.71. The summed E-state index contributed by atoms with van der Waals surface area (Å²) in [4.78, 5) is 15.9. The van der Waals surface area contributed by atoms with Crippen LogP contribution in [0.25, 0.3) is 10.9 Å². The zero-order valence-corrected chi connectivity index (χ0v) is 17.1. The van der Waals surface area contributed by atoms with Crippen molar-refractivity contribution < 1.29 is 14.3 Å². The first-order valence-corrected chi connectivity index (χ1v) is 9.97. The molecule has 0 saturated heterocycles. The summed E-state index contributed by atoms with van der Waals surface area (Å²) in [5.74, 6) is -1.24. The van der Waals surface area contributed by atoms with Gasteiger partial charge in [-0.05, 0) is 68.4 Å². The van der Waals surface area contributed by atoms with Crippen molar-refractivity contribution in [3.05, 3.63) is 78.2 Å². The van der Waals surface area contributed by atoms with Gasteiger partial charge in [-0.3, -0.25) is 5.10 Å². The third-order valence-corrected chi connectivity index (χ3v) is 5.71. The number of hydrogen-bond acceptors (Lipinski definition) is 4. The van der Waals surface area contributed by atoms with Crippen LogP contribution < -0.4 is 9.80 Å². The van der Waals surface area contributed by atoms with Crippen molar-refractivity contribution in [3.8, 4) is 0 Å². The van der Waals surface area contributed by atoms with Crippen LogP contribution in [0.15, 0.2) is 66.9 Å². The lowest BCUT2D eigenvalue weighted by atomic mass is 9.93. The number of aromatic nitrogens is 2. The van der Waals surface area contributed by atoms with Gasteiger partial charge in [0.1, 0.15) is 5.82 Å². The topological polar surface area (TPSA) is 72.5 Å². The predicted octanol–water partition coefficient (Wildman–Crippen LogP) is 5.47. The summed E-state index contributed by atoms with van der Waals surface area (Å²) in [6.45, 7) is 4.83. The SMILES string of the molecule is CC1(C)CN(c2cccc(C(=O)O)c2)c2cc3[nH]ncc3cc2N1c1ccc(F)cc1. The van der Waals surface area contributed by atoms with Gasteiger partial charge < -0.3 is 14.9 Å². The Kier molecular flexibility index (Phi) is 4.22. The number of carboxylic acid groups (broad SMARTS) is 1. The molecule has 0 saturated carbocycles. The maximum atomic E-state index is 13.6. The van der Waals surface area contributed by atoms with Crippen LogP contribution >= 0.6 is 0 Å². The van der Waals surface area contributed by atoms with Crippen LogP contribution in [0, 0.1) is 5.82 Å². The van der Waals surface area contributed by atoms with Crippen LogP contribution in [0.1, 0.15) is 24.2 Å². The number of aromatic amines is 1. The molecule has 1 aliphatic heterocycles. The van der Waals surface area contributed by atoms with Crippen LogP contribution in [0.3, 0.4) is 0 Å². The summed E-state index contributed by atoms with van der Waals surface area (Å²) in [6.07, 6.45) is 1.77. The van der Waals surface area contributed by atoms with E-state index >= 15 is 0 Å². The van der Waals surface area contributed by atoms with E-state index in [9.17, 15) is 14.3 Å². The number of nitrogens with one attached hydrogen (secondary N) is 1. The average molecular weight is 416 g/mol. The van der Waals surface area contributed by atoms with Crippen LogP contribution in [0.5, 0.6) is 0 Å². The third kappa shape index (κ3) is 3.18. The molecule has 7 heteroatoms. The maximum Gasteiger partial charge on any atom is 0.335 e. The van der Waals surface area contributed by atoms with Crippen molar-refractivity contribution in [2.75, 3.05) is 16.3 Å². The Morgan fingerprint density at radius 3 is 2.58 bits per heavy atom. The Bertz CT molecular complexity index is 1300. The predicted molar refractivity (Wildman–Crippen MR) is 119 cm³/mol. The van der Waals surface area contributed by atoms with E-state index in [1.807, 2.05) is 12.1 Å². The van der Waals surface area contributed by atoms with E-state index in [2.05, 4.69) is 39.9 Å². The average Bonchev–Trinajstić information content (AvgIpc) is 3.20. The fourth-order valence-electron chi connectivity index (χ4n) is 4.35. The van der Waals surface area contributed by atoms with E-state index in [0.29, 0.717) is 6.54 Å². The molecule has 2 heterocycles. The van der Waals surface area contributed by atoms with Crippen LogP contribution in [-0.4, -0.2) is 33.4 Å². The minimum Gasteiger partial charge on any atom is -0.478 e. The van der Waals surface area contributed by atoms with Crippen molar-refractivity contribution in [2.24, 2.45) is 0 Å². The minimum absolute atomic E-state index is 0.237. The number of halogens is 1. The molecule has 0 spiro atoms. The Morgan fingerprint density at radius 1 is 1.06 bits per heavy atom. The quantitative estimate of drug-likeness (QED) is 0.463. The van der Waals surface area contributed by atoms with E-state index in [1.165, 1.54) is 12.1 Å². The van der Waals surface area contributed by atoms with E-state index in [-0.39, 0.29) is 16.9 Å². The van der Waals surface area contributed by atoms with Gasteiger partial charge in [0.15, 0.2) is 0 Å². The van der Waals surface area contributed by atoms with Crippen LogP contribution in [-0.2, 0) is 0 Å². The molecule has 1 aliphatic rings. The summed E-state index contributed by atoms with van der Waals surface area (Å²) in [5.41, 5.74) is 4.29. The van der Waals surface area contributed by atoms with Gasteiger partial charge in [0.05, 0.1) is 34.2 Å². The van der Waals surface area contributed by atoms with Gasteiger partial charge in [-0.1, -0.05) is 6.07 Å². The number of H-pyrrole nitrogens is 1. The lowest BCUT2D eigenvalue weighted by Crippen LogP contribution is -2.52. The van der Waals surface area contributed by atoms with Crippen molar-refractivity contribution in [1.82, 2.24) is 10.2 Å². The summed E-state index contributed by atoms with van der Waals surface area (Å²) in [7, 11) is 0. The second-order valence-corrected chi connectivity index (χ2v) is 8.36. The van der Waals surface area contributed by atoms with E-state index in [1.54, 1.807) is 36.5 Å². The zero-order chi connectivity index (χ0) is 21.8. The molecule has 0 aliphatic carbocycles. The summed E-state index contributed by atoms with van der Waals surface area (Å²) in [5, 5.41) is 17.6. The second-order valence-electron chi connectivity index (χ2n) is 8.36. The normalized spacial score (nSPS) is 15.2. The fraction of sp³-hybridized carbons (Fsp3) is 0.167. The Hall–Kier alpha value is -3.87. The summed E-state index contributed by atoms with van der Waals surface area (Å²) >= 11 is 0. The molecular formula is C24H21FN4O2. The van der Waals surface area contributed by atoms with Gasteiger partial charge in [-0.15, -0.1) is 0 Å². The molecule has 0 amide bonds. The molecule has 0 radical (unpaired) electrons. The highest BCUT2D eigenvalue weighted by Gasteiger charge is 2.38. The van der Waals surface area contributed by atoms with Gasteiger partial charge in [-0.2, -0.15) is 5.10 Å². The van der Waals surface area contributed by atoms with Gasteiger partial charge in [-0.25, -0.2) is 9.18 Å². The number of fused-ring (bicyclic) bond motifs is 2. The Balaban J connectivity index is 1.74. The van der Waals surface area contributed by atoms with Crippen LogP contribution in [0.2, 0.25) is 0 Å². The molecule has 0 atom stereocenters. The largest absolute Gasteiger partial charge is 0.478 e. The number of carbonyl (C=O) groups is 1. The van der Waals surface area contributed by atoms with E-state index < -0.39 is 5.97 Å². The number of benzene rings is 3. The molecule has 31 heavy (non-hydrogen) atoms. The first kappa shape index (κ1) is 19.1. The van der Waals surface area contributed by atoms with Crippen molar-refractivity contribution >= 4 is 39.6 Å². The first-order valence-electron chi connectivity index (χ1n) is 9.97. The van der Waals surface area contributed by atoms with Gasteiger partial charge in [0.2, 0.25) is 0 Å². The monoisotopic (exact) mass is 416 g/mol. The van der Waals surface area contributed by atoms with E-state index in [0.717, 1.165) is 33.7 Å². The Morgan fingerprint density at radius 2 is 1.84 bits per heavy atom. The number of rotatable bonds is 3. The molecule has 4 aromatic rings. The highest BCUT2D eigenvalue weighted by Crippen LogP contribution is 2.48. The number of nitrogens with zero attached hydrogens (tertiary/aromatic N) is 3. The number of anilines is 4. The van der Waals surface area contributed by atoms with Crippen molar-refractivity contribution in [2.45, 2.75) is 19.4 Å². The lowest BCUT2D eigenvalue weighted by Gasteiger charge is -2.50. The number of aromatic carboxylic acids is 1. The molecule has 2 N–H and O–H groups in total. The molecular weight excluding hydrogens is 395 g/mol. The zero-order valence-electron chi connectivity index (χ0n) is 17.1. The minimum atomic E-state index is -0.963. The molecule has 3 aromatic carbocycles. The van der Waals surface area contributed by atoms with Gasteiger partial charge in [0, 0.05) is 23.3 Å². The lowest BCUT2D eigenvalue weighted by molar-refractivity contribution is 0.0697. The summed E-state index contributed by atoms with van der Waals surface area (Å²) in [6, 6.07) is 17.5. The van der Waals surface area contributed by atoms with Gasteiger partial charge >= 0.3 is 5.97 Å². The molecule has 156 valence electrons. The number of carboxylic acids is 1. The molecule has 0 fully saturated rings.